The van der Waals surface area contributed by atoms with Crippen LogP contribution in [0.15, 0.2) is 214 Å². The second-order valence-corrected chi connectivity index (χ2v) is 23.4. The van der Waals surface area contributed by atoms with Gasteiger partial charge in [-0.3, -0.25) is 0 Å². The highest BCUT2D eigenvalue weighted by Gasteiger charge is 2.38. The lowest BCUT2D eigenvalue weighted by Gasteiger charge is -2.29. The summed E-state index contributed by atoms with van der Waals surface area (Å²) in [6.07, 6.45) is 1.72. The third-order valence-corrected chi connectivity index (χ3v) is 12.9. The van der Waals surface area contributed by atoms with Crippen LogP contribution in [-0.4, -0.2) is 93.2 Å². The highest BCUT2D eigenvalue weighted by Crippen LogP contribution is 2.35. The second-order valence-electron chi connectivity index (χ2n) is 23.4. The number of rotatable bonds is 33. The van der Waals surface area contributed by atoms with Crippen LogP contribution in [0.4, 0.5) is 87.3 Å². The number of nitrogens with zero attached hydrogens (tertiary/aromatic N) is 7. The Morgan fingerprint density at radius 3 is 0.772 bits per heavy atom. The van der Waals surface area contributed by atoms with Crippen molar-refractivity contribution in [2.24, 2.45) is 0 Å². The zero-order valence-corrected chi connectivity index (χ0v) is 58.1. The summed E-state index contributed by atoms with van der Waals surface area (Å²) in [4.78, 5) is 0. The first kappa shape index (κ1) is 90.9. The number of hydrogen-bond acceptors (Lipinski definition) is 0. The van der Waals surface area contributed by atoms with E-state index >= 15 is 0 Å². The van der Waals surface area contributed by atoms with Gasteiger partial charge in [0.2, 0.25) is 35.5 Å². The number of alkyl halides is 16. The minimum Gasteiger partial charge on any atom is -0.680 e. The molecule has 0 bridgehead atoms. The largest absolute Gasteiger partial charge is 0.680 e. The van der Waals surface area contributed by atoms with Crippen LogP contribution in [0.1, 0.15) is 113 Å². The van der Waals surface area contributed by atoms with Crippen molar-refractivity contribution < 1.29 is 70.2 Å². The molecule has 0 unspecified atom stereocenters. The molecular weight excluding hydrogens is 1340 g/mol. The van der Waals surface area contributed by atoms with Crippen LogP contribution in [-0.2, 0) is 26.2 Å². The first-order valence-corrected chi connectivity index (χ1v) is 32.1. The Bertz CT molecular complexity index is 3230. The summed E-state index contributed by atoms with van der Waals surface area (Å²) in [5, 5.41) is 26.7. The summed E-state index contributed by atoms with van der Waals surface area (Å²) < 4.78 is 203. The molecule has 7 aromatic carbocycles. The molecule has 0 radical (unpaired) electrons. The van der Waals surface area contributed by atoms with Gasteiger partial charge >= 0.3 is 0 Å². The molecule has 0 amide bonds. The molecular formula is C78H92F16N7-7. The van der Waals surface area contributed by atoms with Crippen LogP contribution in [0.5, 0.6) is 0 Å². The van der Waals surface area contributed by atoms with Gasteiger partial charge in [-0.1, -0.05) is 314 Å². The van der Waals surface area contributed by atoms with Crippen molar-refractivity contribution in [3.63, 3.8) is 0 Å². The molecule has 0 spiro atoms. The van der Waals surface area contributed by atoms with Gasteiger partial charge in [0, 0.05) is 12.8 Å². The number of hydrogen-bond donors (Lipinski definition) is 0. The zero-order valence-electron chi connectivity index (χ0n) is 58.1. The highest BCUT2D eigenvalue weighted by atomic mass is 19.3. The van der Waals surface area contributed by atoms with Gasteiger partial charge in [0.15, 0.2) is 0 Å². The molecule has 0 heterocycles. The summed E-state index contributed by atoms with van der Waals surface area (Å²) in [5.74, 6) is -24.5. The minimum absolute atomic E-state index is 0.117. The normalized spacial score (nSPS) is 11.6. The van der Waals surface area contributed by atoms with Gasteiger partial charge < -0.3 is 37.2 Å². The van der Waals surface area contributed by atoms with E-state index in [4.69, 9.17) is 0 Å². The van der Waals surface area contributed by atoms with Crippen LogP contribution in [0.2, 0.25) is 0 Å². The topological polar surface area (TPSA) is 98.7 Å². The van der Waals surface area contributed by atoms with E-state index in [1.807, 2.05) is 78.9 Å². The van der Waals surface area contributed by atoms with Crippen molar-refractivity contribution in [1.29, 1.82) is 0 Å². The minimum atomic E-state index is -3.50. The molecule has 0 atom stereocenters. The molecule has 558 valence electrons. The molecule has 0 aromatic heterocycles. The lowest BCUT2D eigenvalue weighted by molar-refractivity contribution is -0.0929. The monoisotopic (exact) mass is 1430 g/mol. The summed E-state index contributed by atoms with van der Waals surface area (Å²) in [7, 11) is 0. The molecule has 0 N–H and O–H groups in total. The Labute approximate surface area is 586 Å². The maximum absolute atomic E-state index is 13.2. The second kappa shape index (κ2) is 47.1. The number of benzene rings is 7. The van der Waals surface area contributed by atoms with E-state index in [-0.39, 0.29) is 25.9 Å². The Morgan fingerprint density at radius 2 is 0.515 bits per heavy atom. The van der Waals surface area contributed by atoms with E-state index in [1.165, 1.54) is 31.5 Å². The van der Waals surface area contributed by atoms with Crippen molar-refractivity contribution in [1.82, 2.24) is 0 Å². The summed E-state index contributed by atoms with van der Waals surface area (Å²) in [6.45, 7) is 17.5. The Balaban J connectivity index is 0.000000592. The molecule has 0 saturated heterocycles. The van der Waals surface area contributed by atoms with Gasteiger partial charge in [-0.25, -0.2) is 70.2 Å². The molecule has 0 aliphatic rings. The first-order valence-electron chi connectivity index (χ1n) is 32.1. The van der Waals surface area contributed by atoms with Gasteiger partial charge in [-0.15, -0.1) is 43.2 Å². The molecule has 0 aliphatic heterocycles. The summed E-state index contributed by atoms with van der Waals surface area (Å²) in [5.41, 5.74) is 8.23. The van der Waals surface area contributed by atoms with Crippen molar-refractivity contribution in [3.05, 3.63) is 290 Å². The van der Waals surface area contributed by atoms with E-state index in [0.29, 0.717) is 44.0 Å². The molecule has 0 saturated carbocycles. The van der Waals surface area contributed by atoms with E-state index < -0.39 is 92.9 Å². The van der Waals surface area contributed by atoms with Crippen molar-refractivity contribution in [3.8, 4) is 0 Å². The van der Waals surface area contributed by atoms with Crippen LogP contribution >= 0.6 is 0 Å². The average molecular weight is 1430 g/mol. The van der Waals surface area contributed by atoms with Crippen molar-refractivity contribution >= 4 is 35.3 Å². The summed E-state index contributed by atoms with van der Waals surface area (Å²) in [6, 6.07) is 58.3. The molecule has 0 fully saturated rings. The molecule has 23 heteroatoms. The number of halogens is 16. The SMILES string of the molecule is C=Cc1ccc([N-]CC(C)(F)F)cc1.C=Cc1ccc([N-]CC(F)(F)CC(C)(F)F)cc1.C=Cc1ccc([N-]CC(F)(F)CC)cc1.CC(F)(F)CC(F)(F)C[N-]Cc1ccccc1.CC(F)(F)C[N-]Cc1ccccc1.CCC(F)(F)C[N-]Cc1ccccc1.CC[N-]Cc1ccccc1. The molecule has 0 aliphatic carbocycles. The lowest BCUT2D eigenvalue weighted by Crippen LogP contribution is -2.29. The van der Waals surface area contributed by atoms with Crippen LogP contribution in [0, 0.1) is 0 Å². The standard InChI is InChI=1S/C13H14F4N.C12H14F4N.C12H14F2N.C11H12F2N.C11H14F2N.C10H12F2N.C9H12N/c1-3-10-4-6-11(7-5-10)18-9-13(16,17)8-12(2,14)15;1-11(13,14)8-12(15,16)9-17-7-10-5-3-2-4-6-10;1-3-10-5-7-11(8-6-10)15-9-12(13,14)4-2;1-3-9-4-6-10(7-5-9)14-8-11(2,12)13;1-2-11(12,13)9-14-8-10-6-4-3-5-7-10;1-10(11,12)8-13-7-9-5-3-2-4-6-9;1-2-10-8-9-6-4-3-5-7-9/h3-7H,1,8-9H2,2H3;2-6H,7-9H2,1H3;3,5-8H,1,4,9H2,2H3;3-7H,1,8H2,2H3;3-7H,2,8-9H2,1H3;2-6H,7-8H2,1H3;3-7H,2,8H2,1H3/q7*-1. The zero-order chi connectivity index (χ0) is 76.1. The fourth-order valence-electron chi connectivity index (χ4n) is 7.69. The third-order valence-electron chi connectivity index (χ3n) is 12.9. The summed E-state index contributed by atoms with van der Waals surface area (Å²) >= 11 is 0. The van der Waals surface area contributed by atoms with Gasteiger partial charge in [-0.05, 0) is 44.4 Å². The fourth-order valence-corrected chi connectivity index (χ4v) is 7.69. The van der Waals surface area contributed by atoms with Crippen LogP contribution in [0.25, 0.3) is 55.4 Å². The van der Waals surface area contributed by atoms with Gasteiger partial charge in [0.1, 0.15) is 0 Å². The predicted molar refractivity (Wildman–Crippen MR) is 385 cm³/mol. The van der Waals surface area contributed by atoms with Gasteiger partial charge in [0.25, 0.3) is 11.8 Å². The van der Waals surface area contributed by atoms with Gasteiger partial charge in [0.05, 0.1) is 12.8 Å². The Morgan fingerprint density at radius 1 is 0.277 bits per heavy atom. The fraction of sp³-hybridized carbons (Fsp3) is 0.385. The van der Waals surface area contributed by atoms with E-state index in [9.17, 15) is 70.2 Å². The van der Waals surface area contributed by atoms with Crippen molar-refractivity contribution in [2.75, 3.05) is 45.8 Å². The smallest absolute Gasteiger partial charge is 0.251 e. The molecule has 7 aromatic rings. The van der Waals surface area contributed by atoms with Crippen molar-refractivity contribution in [2.45, 2.75) is 148 Å². The molecule has 101 heavy (non-hydrogen) atoms. The first-order chi connectivity index (χ1) is 47.2. The molecule has 7 nitrogen and oxygen atoms in total. The Hall–Kier alpha value is -8.12. The maximum Gasteiger partial charge on any atom is 0.251 e. The quantitative estimate of drug-likeness (QED) is 0.0366. The maximum atomic E-state index is 13.2. The van der Waals surface area contributed by atoms with Crippen LogP contribution in [0.3, 0.4) is 0 Å². The Kier molecular flexibility index (Phi) is 42.4. The molecule has 7 rings (SSSR count). The average Bonchev–Trinajstić information content (AvgIpc) is 0.971. The predicted octanol–water partition coefficient (Wildman–Crippen LogP) is 27.0. The highest BCUT2D eigenvalue weighted by molar-refractivity contribution is 5.58. The van der Waals surface area contributed by atoms with E-state index in [2.05, 4.69) is 76.0 Å². The lowest BCUT2D eigenvalue weighted by atomic mass is 10.1. The van der Waals surface area contributed by atoms with Crippen LogP contribution < -0.4 is 0 Å². The van der Waals surface area contributed by atoms with Gasteiger partial charge in [-0.2, -0.15) is 6.54 Å². The van der Waals surface area contributed by atoms with E-state index in [1.54, 1.807) is 109 Å². The van der Waals surface area contributed by atoms with E-state index in [0.717, 1.165) is 60.3 Å². The third kappa shape index (κ3) is 50.8.